The van der Waals surface area contributed by atoms with Crippen LogP contribution in [0, 0.1) is 6.92 Å². The molecule has 2 heterocycles. The fourth-order valence-electron chi connectivity index (χ4n) is 3.35. The summed E-state index contributed by atoms with van der Waals surface area (Å²) in [4.78, 5) is 11.6. The second kappa shape index (κ2) is 8.45. The summed E-state index contributed by atoms with van der Waals surface area (Å²) in [5.74, 6) is 1.53. The highest BCUT2D eigenvalue weighted by Gasteiger charge is 2.20. The molecule has 1 aliphatic rings. The van der Waals surface area contributed by atoms with Crippen LogP contribution in [0.4, 0.5) is 11.8 Å². The number of aryl methyl sites for hydroxylation is 1. The van der Waals surface area contributed by atoms with Crippen LogP contribution in [0.2, 0.25) is 0 Å². The number of benzene rings is 1. The first kappa shape index (κ1) is 18.6. The summed E-state index contributed by atoms with van der Waals surface area (Å²) >= 11 is 5.46. The number of nitrogens with one attached hydrogen (secondary N) is 2. The maximum absolute atomic E-state index is 5.46. The molecule has 0 aliphatic carbocycles. The van der Waals surface area contributed by atoms with Gasteiger partial charge in [-0.2, -0.15) is 4.98 Å². The summed E-state index contributed by atoms with van der Waals surface area (Å²) in [6.07, 6.45) is 3.71. The van der Waals surface area contributed by atoms with Crippen molar-refractivity contribution in [1.29, 1.82) is 0 Å². The minimum absolute atomic E-state index is 0.114. The molecule has 2 N–H and O–H groups in total. The smallest absolute Gasteiger partial charge is 0.231 e. The minimum atomic E-state index is 0.114. The standard InChI is InChI=1S/C20H27N5S/c1-14-13-18(25-12-8-7-9-15(25)2)23-19(21-14)24-20(26)22-16(3)17-10-5-4-6-11-17/h4-6,10-11,13,15-16H,7-9,12H2,1-3H3,(H2,21,22,23,24,26)/t15-,16-/m1/s1. The van der Waals surface area contributed by atoms with Gasteiger partial charge in [-0.25, -0.2) is 4.98 Å². The lowest BCUT2D eigenvalue weighted by atomic mass is 10.0. The van der Waals surface area contributed by atoms with Crippen LogP contribution in [0.15, 0.2) is 36.4 Å². The second-order valence-corrected chi connectivity index (χ2v) is 7.37. The van der Waals surface area contributed by atoms with E-state index in [2.05, 4.69) is 52.6 Å². The maximum Gasteiger partial charge on any atom is 0.231 e. The molecule has 1 aromatic heterocycles. The van der Waals surface area contributed by atoms with Gasteiger partial charge in [-0.15, -0.1) is 0 Å². The molecule has 0 spiro atoms. The number of hydrogen-bond acceptors (Lipinski definition) is 4. The Balaban J connectivity index is 1.68. The molecular formula is C20H27N5S. The Kier molecular flexibility index (Phi) is 6.04. The minimum Gasteiger partial charge on any atom is -0.356 e. The number of aromatic nitrogens is 2. The molecule has 0 unspecified atom stereocenters. The topological polar surface area (TPSA) is 53.1 Å². The zero-order valence-electron chi connectivity index (χ0n) is 15.7. The van der Waals surface area contributed by atoms with Crippen LogP contribution in [-0.2, 0) is 0 Å². The van der Waals surface area contributed by atoms with Gasteiger partial charge in [0.2, 0.25) is 5.95 Å². The van der Waals surface area contributed by atoms with Gasteiger partial charge in [-0.3, -0.25) is 0 Å². The average molecular weight is 370 g/mol. The molecule has 1 saturated heterocycles. The molecule has 2 aromatic rings. The number of nitrogens with zero attached hydrogens (tertiary/aromatic N) is 3. The quantitative estimate of drug-likeness (QED) is 0.788. The number of hydrogen-bond donors (Lipinski definition) is 2. The Morgan fingerprint density at radius 2 is 2.00 bits per heavy atom. The van der Waals surface area contributed by atoms with Crippen molar-refractivity contribution in [3.05, 3.63) is 47.7 Å². The van der Waals surface area contributed by atoms with E-state index >= 15 is 0 Å². The Morgan fingerprint density at radius 1 is 1.23 bits per heavy atom. The lowest BCUT2D eigenvalue weighted by Gasteiger charge is -2.34. The van der Waals surface area contributed by atoms with E-state index < -0.39 is 0 Å². The third-order valence-electron chi connectivity index (χ3n) is 4.81. The Bertz CT molecular complexity index is 749. The SMILES string of the molecule is Cc1cc(N2CCCC[C@H]2C)nc(NC(=S)N[C@H](C)c2ccccc2)n1. The van der Waals surface area contributed by atoms with Crippen molar-refractivity contribution in [2.75, 3.05) is 16.8 Å². The number of rotatable bonds is 4. The van der Waals surface area contributed by atoms with Gasteiger partial charge in [-0.1, -0.05) is 30.3 Å². The van der Waals surface area contributed by atoms with Crippen molar-refractivity contribution in [2.45, 2.75) is 52.1 Å². The van der Waals surface area contributed by atoms with E-state index in [4.69, 9.17) is 17.2 Å². The van der Waals surface area contributed by atoms with E-state index in [1.165, 1.54) is 24.8 Å². The van der Waals surface area contributed by atoms with Gasteiger partial charge in [0, 0.05) is 24.3 Å². The first-order valence-electron chi connectivity index (χ1n) is 9.27. The molecule has 0 saturated carbocycles. The first-order chi connectivity index (χ1) is 12.5. The molecule has 1 aromatic carbocycles. The van der Waals surface area contributed by atoms with E-state index in [9.17, 15) is 0 Å². The van der Waals surface area contributed by atoms with Gasteiger partial charge in [0.25, 0.3) is 0 Å². The number of anilines is 2. The fraction of sp³-hybridized carbons (Fsp3) is 0.450. The van der Waals surface area contributed by atoms with Gasteiger partial charge < -0.3 is 15.5 Å². The molecule has 5 nitrogen and oxygen atoms in total. The van der Waals surface area contributed by atoms with Gasteiger partial charge in [0.1, 0.15) is 5.82 Å². The Hall–Kier alpha value is -2.21. The van der Waals surface area contributed by atoms with Crippen LogP contribution in [-0.4, -0.2) is 27.7 Å². The maximum atomic E-state index is 5.46. The molecule has 0 amide bonds. The first-order valence-corrected chi connectivity index (χ1v) is 9.68. The number of thiocarbonyl (C=S) groups is 1. The van der Waals surface area contributed by atoms with E-state index in [1.54, 1.807) is 0 Å². The van der Waals surface area contributed by atoms with E-state index in [-0.39, 0.29) is 6.04 Å². The Morgan fingerprint density at radius 3 is 2.73 bits per heavy atom. The fourth-order valence-corrected chi connectivity index (χ4v) is 3.62. The van der Waals surface area contributed by atoms with Gasteiger partial charge in [0.15, 0.2) is 5.11 Å². The van der Waals surface area contributed by atoms with Crippen LogP contribution >= 0.6 is 12.2 Å². The van der Waals surface area contributed by atoms with E-state index in [0.29, 0.717) is 17.1 Å². The molecule has 3 rings (SSSR count). The zero-order valence-corrected chi connectivity index (χ0v) is 16.5. The molecule has 0 bridgehead atoms. The summed E-state index contributed by atoms with van der Waals surface area (Å²) < 4.78 is 0. The normalized spacial score (nSPS) is 18.3. The molecular weight excluding hydrogens is 342 g/mol. The molecule has 1 fully saturated rings. The summed E-state index contributed by atoms with van der Waals surface area (Å²) in [7, 11) is 0. The van der Waals surface area contributed by atoms with Crippen LogP contribution in [0.5, 0.6) is 0 Å². The van der Waals surface area contributed by atoms with Crippen molar-refractivity contribution >= 4 is 29.1 Å². The Labute approximate surface area is 161 Å². The monoisotopic (exact) mass is 369 g/mol. The van der Waals surface area contributed by atoms with Crippen molar-refractivity contribution in [3.8, 4) is 0 Å². The van der Waals surface area contributed by atoms with Gasteiger partial charge in [0.05, 0.1) is 6.04 Å². The molecule has 138 valence electrons. The van der Waals surface area contributed by atoms with Crippen molar-refractivity contribution in [2.24, 2.45) is 0 Å². The van der Waals surface area contributed by atoms with Crippen LogP contribution in [0.1, 0.15) is 50.4 Å². The van der Waals surface area contributed by atoms with E-state index in [0.717, 1.165) is 18.1 Å². The summed E-state index contributed by atoms with van der Waals surface area (Å²) in [5.41, 5.74) is 2.12. The zero-order chi connectivity index (χ0) is 18.5. The average Bonchev–Trinajstić information content (AvgIpc) is 2.62. The third kappa shape index (κ3) is 4.69. The van der Waals surface area contributed by atoms with Crippen molar-refractivity contribution in [3.63, 3.8) is 0 Å². The lowest BCUT2D eigenvalue weighted by molar-refractivity contribution is 0.481. The molecule has 26 heavy (non-hydrogen) atoms. The van der Waals surface area contributed by atoms with Crippen LogP contribution in [0.25, 0.3) is 0 Å². The second-order valence-electron chi connectivity index (χ2n) is 6.96. The molecule has 0 radical (unpaired) electrons. The highest BCUT2D eigenvalue weighted by atomic mass is 32.1. The predicted octanol–water partition coefficient (Wildman–Crippen LogP) is 4.21. The van der Waals surface area contributed by atoms with Crippen LogP contribution < -0.4 is 15.5 Å². The highest BCUT2D eigenvalue weighted by molar-refractivity contribution is 7.80. The summed E-state index contributed by atoms with van der Waals surface area (Å²) in [5, 5.41) is 6.98. The highest BCUT2D eigenvalue weighted by Crippen LogP contribution is 2.24. The lowest BCUT2D eigenvalue weighted by Crippen LogP contribution is -2.38. The van der Waals surface area contributed by atoms with Crippen molar-refractivity contribution in [1.82, 2.24) is 15.3 Å². The molecule has 1 aliphatic heterocycles. The predicted molar refractivity (Wildman–Crippen MR) is 112 cm³/mol. The molecule has 6 heteroatoms. The third-order valence-corrected chi connectivity index (χ3v) is 5.03. The van der Waals surface area contributed by atoms with Gasteiger partial charge in [-0.05, 0) is 57.8 Å². The molecule has 2 atom stereocenters. The number of piperidine rings is 1. The summed E-state index contributed by atoms with van der Waals surface area (Å²) in [6, 6.07) is 12.9. The summed E-state index contributed by atoms with van der Waals surface area (Å²) in [6.45, 7) is 7.39. The van der Waals surface area contributed by atoms with E-state index in [1.807, 2.05) is 25.1 Å². The van der Waals surface area contributed by atoms with Crippen LogP contribution in [0.3, 0.4) is 0 Å². The van der Waals surface area contributed by atoms with Crippen molar-refractivity contribution < 1.29 is 0 Å². The van der Waals surface area contributed by atoms with Gasteiger partial charge >= 0.3 is 0 Å². The largest absolute Gasteiger partial charge is 0.356 e.